The Hall–Kier alpha value is -3.10. The average molecular weight is 541 g/mol. The number of aliphatic hydroxyl groups excluding tert-OH is 2. The van der Waals surface area contributed by atoms with Crippen molar-refractivity contribution in [1.82, 2.24) is 0 Å². The van der Waals surface area contributed by atoms with E-state index < -0.39 is 77.6 Å². The molecular formula is C25H32O13. The van der Waals surface area contributed by atoms with E-state index >= 15 is 0 Å². The summed E-state index contributed by atoms with van der Waals surface area (Å²) in [7, 11) is 0. The van der Waals surface area contributed by atoms with E-state index in [1.165, 1.54) is 6.92 Å². The van der Waals surface area contributed by atoms with Crippen molar-refractivity contribution in [2.45, 2.75) is 81.4 Å². The summed E-state index contributed by atoms with van der Waals surface area (Å²) in [5.41, 5.74) is -6.26. The predicted octanol–water partition coefficient (Wildman–Crippen LogP) is -0.216. The van der Waals surface area contributed by atoms with Gasteiger partial charge in [-0.1, -0.05) is 44.2 Å². The fourth-order valence-corrected chi connectivity index (χ4v) is 5.50. The summed E-state index contributed by atoms with van der Waals surface area (Å²) < 4.78 is 16.2. The maximum absolute atomic E-state index is 12.2. The van der Waals surface area contributed by atoms with Crippen molar-refractivity contribution in [3.05, 3.63) is 35.9 Å². The second-order valence-corrected chi connectivity index (χ2v) is 10.0. The summed E-state index contributed by atoms with van der Waals surface area (Å²) in [5, 5.41) is 61.4. The van der Waals surface area contributed by atoms with E-state index in [4.69, 9.17) is 14.2 Å². The number of hydrogen-bond donors (Lipinski definition) is 6. The van der Waals surface area contributed by atoms with Crippen LogP contribution in [0.25, 0.3) is 0 Å². The summed E-state index contributed by atoms with van der Waals surface area (Å²) >= 11 is 0. The summed E-state index contributed by atoms with van der Waals surface area (Å²) in [5.74, 6) is -10.3. The zero-order chi connectivity index (χ0) is 28.6. The largest absolute Gasteiger partial charge is 0.479 e. The molecule has 0 saturated carbocycles. The molecule has 13 heteroatoms. The Labute approximate surface area is 217 Å². The van der Waals surface area contributed by atoms with Crippen molar-refractivity contribution >= 4 is 23.9 Å². The molecule has 13 nitrogen and oxygen atoms in total. The van der Waals surface area contributed by atoms with Gasteiger partial charge in [-0.25, -0.2) is 14.4 Å². The molecule has 0 amide bonds. The highest BCUT2D eigenvalue weighted by Crippen LogP contribution is 2.54. The number of benzene rings is 1. The highest BCUT2D eigenvalue weighted by Gasteiger charge is 2.84. The van der Waals surface area contributed by atoms with Crippen LogP contribution in [0.4, 0.5) is 0 Å². The Morgan fingerprint density at radius 3 is 2.08 bits per heavy atom. The van der Waals surface area contributed by atoms with Gasteiger partial charge in [0.15, 0.2) is 5.79 Å². The number of rotatable bonds is 11. The van der Waals surface area contributed by atoms with Crippen molar-refractivity contribution in [3.63, 3.8) is 0 Å². The van der Waals surface area contributed by atoms with Gasteiger partial charge in [-0.2, -0.15) is 0 Å². The minimum Gasteiger partial charge on any atom is -0.479 e. The van der Waals surface area contributed by atoms with Gasteiger partial charge in [-0.05, 0) is 30.2 Å². The van der Waals surface area contributed by atoms with Crippen LogP contribution in [0.3, 0.4) is 0 Å². The molecular weight excluding hydrogens is 508 g/mol. The number of carbonyl (C=O) groups excluding carboxylic acids is 1. The molecule has 0 aromatic heterocycles. The van der Waals surface area contributed by atoms with Gasteiger partial charge in [0, 0.05) is 13.3 Å². The Morgan fingerprint density at radius 1 is 0.974 bits per heavy atom. The van der Waals surface area contributed by atoms with Crippen LogP contribution in [0.5, 0.6) is 0 Å². The molecule has 2 aliphatic rings. The van der Waals surface area contributed by atoms with Crippen LogP contribution in [0.1, 0.15) is 39.2 Å². The smallest absolute Gasteiger partial charge is 0.343 e. The van der Waals surface area contributed by atoms with Gasteiger partial charge in [0.05, 0.1) is 0 Å². The van der Waals surface area contributed by atoms with Crippen LogP contribution in [-0.2, 0) is 39.8 Å². The second kappa shape index (κ2) is 10.6. The number of fused-ring (bicyclic) bond motifs is 2. The quantitative estimate of drug-likeness (QED) is 0.200. The second-order valence-electron chi connectivity index (χ2n) is 10.0. The molecule has 2 aliphatic heterocycles. The molecule has 2 fully saturated rings. The minimum atomic E-state index is -3.79. The molecule has 0 radical (unpaired) electrons. The lowest BCUT2D eigenvalue weighted by molar-refractivity contribution is -0.374. The van der Waals surface area contributed by atoms with E-state index in [0.29, 0.717) is 6.42 Å². The number of carbonyl (C=O) groups is 4. The van der Waals surface area contributed by atoms with Crippen LogP contribution in [0.15, 0.2) is 30.3 Å². The lowest BCUT2D eigenvalue weighted by Gasteiger charge is -2.48. The number of aliphatic hydroxyl groups is 3. The molecule has 9 atom stereocenters. The van der Waals surface area contributed by atoms with E-state index in [0.717, 1.165) is 5.56 Å². The monoisotopic (exact) mass is 540 g/mol. The van der Waals surface area contributed by atoms with Crippen LogP contribution < -0.4 is 0 Å². The zero-order valence-corrected chi connectivity index (χ0v) is 21.0. The first-order valence-corrected chi connectivity index (χ1v) is 12.0. The van der Waals surface area contributed by atoms with Gasteiger partial charge in [0.2, 0.25) is 17.3 Å². The number of aliphatic carboxylic acids is 3. The number of carboxylic acids is 3. The number of ether oxygens (including phenoxy) is 3. The topological polar surface area (TPSA) is 217 Å². The number of carboxylic acid groups (broad SMARTS) is 3. The van der Waals surface area contributed by atoms with Crippen molar-refractivity contribution in [1.29, 1.82) is 0 Å². The fraction of sp³-hybridized carbons (Fsp3) is 0.600. The van der Waals surface area contributed by atoms with Gasteiger partial charge in [-0.15, -0.1) is 0 Å². The minimum absolute atomic E-state index is 0.00556. The fourth-order valence-electron chi connectivity index (χ4n) is 5.50. The molecule has 3 rings (SSSR count). The molecule has 2 heterocycles. The maximum atomic E-state index is 12.2. The zero-order valence-electron chi connectivity index (χ0n) is 21.0. The molecule has 0 aliphatic carbocycles. The highest BCUT2D eigenvalue weighted by molar-refractivity contribution is 5.97. The number of esters is 1. The van der Waals surface area contributed by atoms with Crippen molar-refractivity contribution < 1.29 is 64.0 Å². The van der Waals surface area contributed by atoms with Gasteiger partial charge < -0.3 is 44.8 Å². The van der Waals surface area contributed by atoms with Gasteiger partial charge in [-0.3, -0.25) is 4.79 Å². The summed E-state index contributed by atoms with van der Waals surface area (Å²) in [4.78, 5) is 48.0. The SMILES string of the molecule is CC(=O)OC(C(C)CCC12OC(C(=O)O)C(O)(C(=O)O)C(C(=O)O)(O1)C(O)C2O)C(C)Cc1ccccc1. The molecule has 210 valence electrons. The molecule has 0 spiro atoms. The summed E-state index contributed by atoms with van der Waals surface area (Å²) in [6.07, 6.45) is -8.10. The normalized spacial score (nSPS) is 34.6. The third-order valence-electron chi connectivity index (χ3n) is 7.40. The van der Waals surface area contributed by atoms with E-state index in [-0.39, 0.29) is 12.3 Å². The molecule has 2 bridgehead atoms. The standard InChI is InChI=1S/C25H32O13/c1-12(16(36-14(3)26)13(2)11-15-7-5-4-6-8-15)9-10-23-17(27)18(28)25(38-23,22(33)34)24(35,21(31)32)19(37-23)20(29)30/h4-8,12-13,16-19,27-28,35H,9-11H2,1-3H3,(H,29,30)(H,31,32)(H,33,34). The first-order chi connectivity index (χ1) is 17.6. The lowest BCUT2D eigenvalue weighted by Crippen LogP contribution is -2.77. The molecule has 2 saturated heterocycles. The van der Waals surface area contributed by atoms with Crippen LogP contribution >= 0.6 is 0 Å². The highest BCUT2D eigenvalue weighted by atomic mass is 16.8. The van der Waals surface area contributed by atoms with E-state index in [9.17, 15) is 49.8 Å². The van der Waals surface area contributed by atoms with Crippen LogP contribution in [0, 0.1) is 11.8 Å². The third kappa shape index (κ3) is 4.64. The van der Waals surface area contributed by atoms with E-state index in [1.54, 1.807) is 6.92 Å². The Balaban J connectivity index is 1.92. The predicted molar refractivity (Wildman–Crippen MR) is 125 cm³/mol. The maximum Gasteiger partial charge on any atom is 0.343 e. The van der Waals surface area contributed by atoms with Gasteiger partial charge >= 0.3 is 23.9 Å². The summed E-state index contributed by atoms with van der Waals surface area (Å²) in [6, 6.07) is 9.40. The lowest BCUT2D eigenvalue weighted by atomic mass is 9.74. The summed E-state index contributed by atoms with van der Waals surface area (Å²) in [6.45, 7) is 4.81. The molecule has 9 unspecified atom stereocenters. The molecule has 6 N–H and O–H groups in total. The van der Waals surface area contributed by atoms with Crippen molar-refractivity contribution in [3.8, 4) is 0 Å². The van der Waals surface area contributed by atoms with Crippen LogP contribution in [0.2, 0.25) is 0 Å². The third-order valence-corrected chi connectivity index (χ3v) is 7.40. The molecule has 1 aromatic carbocycles. The van der Waals surface area contributed by atoms with Crippen molar-refractivity contribution in [2.75, 3.05) is 0 Å². The van der Waals surface area contributed by atoms with Crippen molar-refractivity contribution in [2.24, 2.45) is 11.8 Å². The number of hydrogen-bond acceptors (Lipinski definition) is 10. The molecule has 38 heavy (non-hydrogen) atoms. The van der Waals surface area contributed by atoms with Crippen LogP contribution in [-0.4, -0.2) is 95.9 Å². The van der Waals surface area contributed by atoms with E-state index in [1.807, 2.05) is 37.3 Å². The first kappa shape index (κ1) is 29.5. The molecule has 1 aromatic rings. The Bertz CT molecular complexity index is 1080. The van der Waals surface area contributed by atoms with Gasteiger partial charge in [0.1, 0.15) is 18.3 Å². The Kier molecular flexibility index (Phi) is 8.20. The Morgan fingerprint density at radius 2 is 1.58 bits per heavy atom. The van der Waals surface area contributed by atoms with E-state index in [2.05, 4.69) is 0 Å². The average Bonchev–Trinajstić information content (AvgIpc) is 3.04. The van der Waals surface area contributed by atoms with Gasteiger partial charge in [0.25, 0.3) is 0 Å². The first-order valence-electron chi connectivity index (χ1n) is 12.0.